The Morgan fingerprint density at radius 3 is 2.18 bits per heavy atom. The molecule has 0 bridgehead atoms. The molecule has 1 aliphatic heterocycles. The normalized spacial score (nSPS) is 25.0. The second-order valence-corrected chi connectivity index (χ2v) is 6.60. The predicted octanol–water partition coefficient (Wildman–Crippen LogP) is 3.24. The quantitative estimate of drug-likeness (QED) is 0.551. The average molecular weight is 396 g/mol. The molecule has 0 saturated carbocycles. The lowest BCUT2D eigenvalue weighted by atomic mass is 9.77. The third kappa shape index (κ3) is 3.45. The zero-order valence-electron chi connectivity index (χ0n) is 14.5. The maximum Gasteiger partial charge on any atom is 0.437 e. The number of benzene rings is 2. The van der Waals surface area contributed by atoms with Crippen molar-refractivity contribution in [3.05, 3.63) is 71.0 Å². The number of hydrogen-bond donors (Lipinski definition) is 3. The number of carbonyl (C=O) groups excluding carboxylic acids is 2. The molecule has 2 amide bonds. The molecular formula is C19H16F4N2O3. The lowest BCUT2D eigenvalue weighted by molar-refractivity contribution is -0.287. The summed E-state index contributed by atoms with van der Waals surface area (Å²) in [4.78, 5) is 24.8. The highest BCUT2D eigenvalue weighted by Gasteiger charge is 2.66. The molecule has 3 atom stereocenters. The molecule has 0 aliphatic carbocycles. The summed E-state index contributed by atoms with van der Waals surface area (Å²) in [5.41, 5.74) is -3.01. The number of aliphatic hydroxyl groups is 1. The van der Waals surface area contributed by atoms with Crippen LogP contribution in [0.5, 0.6) is 0 Å². The minimum Gasteiger partial charge on any atom is -0.363 e. The molecule has 0 spiro atoms. The van der Waals surface area contributed by atoms with E-state index in [-0.39, 0.29) is 11.1 Å². The van der Waals surface area contributed by atoms with Crippen LogP contribution >= 0.6 is 0 Å². The molecule has 1 fully saturated rings. The fraction of sp³-hybridized carbons (Fsp3) is 0.263. The van der Waals surface area contributed by atoms with E-state index < -0.39 is 41.5 Å². The standard InChI is InChI=1S/C19H16F4N2O3/c1-10-2-4-11(5-3-10)15-14(16(26)12-6-8-13(20)9-7-12)18(28,19(21,22)23)25-17(27)24-15/h2-9,14-15,28H,1H3,(H2,24,25,27)/t14-,15+,18-/m0/s1. The Morgan fingerprint density at radius 2 is 1.64 bits per heavy atom. The van der Waals surface area contributed by atoms with Crippen molar-refractivity contribution < 1.29 is 32.3 Å². The third-order valence-corrected chi connectivity index (χ3v) is 4.65. The molecule has 3 N–H and O–H groups in total. The molecule has 0 unspecified atom stereocenters. The van der Waals surface area contributed by atoms with E-state index in [0.29, 0.717) is 0 Å². The zero-order valence-corrected chi connectivity index (χ0v) is 14.5. The van der Waals surface area contributed by atoms with Crippen molar-refractivity contribution in [3.8, 4) is 0 Å². The Morgan fingerprint density at radius 1 is 1.07 bits per heavy atom. The van der Waals surface area contributed by atoms with Gasteiger partial charge in [0.05, 0.1) is 6.04 Å². The van der Waals surface area contributed by atoms with Crippen molar-refractivity contribution in [2.24, 2.45) is 5.92 Å². The summed E-state index contributed by atoms with van der Waals surface area (Å²) in [5.74, 6) is -3.91. The topological polar surface area (TPSA) is 78.4 Å². The van der Waals surface area contributed by atoms with Crippen LogP contribution in [0.1, 0.15) is 27.5 Å². The summed E-state index contributed by atoms with van der Waals surface area (Å²) in [6.45, 7) is 1.76. The van der Waals surface area contributed by atoms with E-state index in [1.807, 2.05) is 0 Å². The number of urea groups is 1. The van der Waals surface area contributed by atoms with E-state index in [4.69, 9.17) is 0 Å². The Hall–Kier alpha value is -2.94. The largest absolute Gasteiger partial charge is 0.437 e. The second kappa shape index (κ2) is 6.90. The molecule has 1 heterocycles. The molecule has 5 nitrogen and oxygen atoms in total. The van der Waals surface area contributed by atoms with Gasteiger partial charge in [0.2, 0.25) is 5.72 Å². The Labute approximate surface area is 157 Å². The minimum atomic E-state index is -5.34. The van der Waals surface area contributed by atoms with Crippen LogP contribution in [0.2, 0.25) is 0 Å². The molecule has 1 aliphatic rings. The molecule has 0 aromatic heterocycles. The fourth-order valence-electron chi connectivity index (χ4n) is 3.18. The number of nitrogens with one attached hydrogen (secondary N) is 2. The van der Waals surface area contributed by atoms with E-state index >= 15 is 0 Å². The van der Waals surface area contributed by atoms with Crippen LogP contribution in [-0.2, 0) is 0 Å². The van der Waals surface area contributed by atoms with Gasteiger partial charge in [-0.15, -0.1) is 0 Å². The van der Waals surface area contributed by atoms with E-state index in [1.165, 1.54) is 17.4 Å². The molecule has 28 heavy (non-hydrogen) atoms. The van der Waals surface area contributed by atoms with Gasteiger partial charge >= 0.3 is 12.2 Å². The van der Waals surface area contributed by atoms with E-state index in [0.717, 1.165) is 29.8 Å². The first kappa shape index (κ1) is 19.8. The first-order valence-electron chi connectivity index (χ1n) is 8.27. The van der Waals surface area contributed by atoms with Crippen molar-refractivity contribution in [2.45, 2.75) is 24.9 Å². The molecule has 148 valence electrons. The molecule has 9 heteroatoms. The smallest absolute Gasteiger partial charge is 0.363 e. The number of aryl methyl sites for hydroxylation is 1. The van der Waals surface area contributed by atoms with Crippen LogP contribution in [0.4, 0.5) is 22.4 Å². The van der Waals surface area contributed by atoms with Crippen molar-refractivity contribution >= 4 is 11.8 Å². The highest BCUT2D eigenvalue weighted by Crippen LogP contribution is 2.43. The molecule has 2 aromatic rings. The van der Waals surface area contributed by atoms with E-state index in [9.17, 15) is 32.3 Å². The summed E-state index contributed by atoms with van der Waals surface area (Å²) >= 11 is 0. The van der Waals surface area contributed by atoms with Crippen LogP contribution < -0.4 is 10.6 Å². The van der Waals surface area contributed by atoms with E-state index in [2.05, 4.69) is 5.32 Å². The Balaban J connectivity index is 2.15. The first-order chi connectivity index (χ1) is 13.0. The summed E-state index contributed by atoms with van der Waals surface area (Å²) in [6.07, 6.45) is -5.34. The average Bonchev–Trinajstić information content (AvgIpc) is 2.61. The molecular weight excluding hydrogens is 380 g/mol. The number of halogens is 4. The van der Waals surface area contributed by atoms with Gasteiger partial charge in [-0.05, 0) is 36.8 Å². The van der Waals surface area contributed by atoms with Crippen LogP contribution in [-0.4, -0.2) is 28.8 Å². The van der Waals surface area contributed by atoms with Gasteiger partial charge in [0, 0.05) is 5.56 Å². The van der Waals surface area contributed by atoms with Crippen LogP contribution in [0.15, 0.2) is 48.5 Å². The van der Waals surface area contributed by atoms with Gasteiger partial charge in [-0.2, -0.15) is 13.2 Å². The summed E-state index contributed by atoms with van der Waals surface area (Å²) in [6, 6.07) is 7.32. The highest BCUT2D eigenvalue weighted by atomic mass is 19.4. The number of Topliss-reactive ketones (excluding diaryl/α,β-unsaturated/α-hetero) is 1. The SMILES string of the molecule is Cc1ccc([C@H]2NC(=O)N[C@@](O)(C(F)(F)F)[C@@H]2C(=O)c2ccc(F)cc2)cc1. The number of carbonyl (C=O) groups is 2. The summed E-state index contributed by atoms with van der Waals surface area (Å²) < 4.78 is 54.4. The van der Waals surface area contributed by atoms with Gasteiger partial charge in [0.25, 0.3) is 0 Å². The van der Waals surface area contributed by atoms with Crippen LogP contribution in [0.3, 0.4) is 0 Å². The number of rotatable bonds is 3. The lowest BCUT2D eigenvalue weighted by Crippen LogP contribution is -2.72. The van der Waals surface area contributed by atoms with Gasteiger partial charge in [-0.25, -0.2) is 9.18 Å². The van der Waals surface area contributed by atoms with Crippen molar-refractivity contribution in [1.29, 1.82) is 0 Å². The van der Waals surface area contributed by atoms with Gasteiger partial charge in [0.15, 0.2) is 5.78 Å². The van der Waals surface area contributed by atoms with Crippen molar-refractivity contribution in [1.82, 2.24) is 10.6 Å². The molecule has 2 aromatic carbocycles. The minimum absolute atomic E-state index is 0.212. The maximum atomic E-state index is 13.7. The summed E-state index contributed by atoms with van der Waals surface area (Å²) in [5, 5.41) is 14.1. The molecule has 3 rings (SSSR count). The Kier molecular flexibility index (Phi) is 4.88. The van der Waals surface area contributed by atoms with E-state index in [1.54, 1.807) is 19.1 Å². The molecule has 1 saturated heterocycles. The lowest BCUT2D eigenvalue weighted by Gasteiger charge is -2.45. The predicted molar refractivity (Wildman–Crippen MR) is 90.8 cm³/mol. The van der Waals surface area contributed by atoms with Gasteiger partial charge in [0.1, 0.15) is 11.7 Å². The van der Waals surface area contributed by atoms with Gasteiger partial charge in [-0.1, -0.05) is 29.8 Å². The third-order valence-electron chi connectivity index (χ3n) is 4.65. The second-order valence-electron chi connectivity index (χ2n) is 6.60. The highest BCUT2D eigenvalue weighted by molar-refractivity contribution is 6.00. The number of ketones is 1. The maximum absolute atomic E-state index is 13.7. The van der Waals surface area contributed by atoms with Gasteiger partial charge < -0.3 is 15.7 Å². The first-order valence-corrected chi connectivity index (χ1v) is 8.27. The molecule has 0 radical (unpaired) electrons. The Bertz CT molecular complexity index is 897. The number of alkyl halides is 3. The fourth-order valence-corrected chi connectivity index (χ4v) is 3.18. The zero-order chi connectivity index (χ0) is 20.7. The van der Waals surface area contributed by atoms with Crippen LogP contribution in [0, 0.1) is 18.7 Å². The summed E-state index contributed by atoms with van der Waals surface area (Å²) in [7, 11) is 0. The van der Waals surface area contributed by atoms with Gasteiger partial charge in [-0.3, -0.25) is 4.79 Å². The van der Waals surface area contributed by atoms with Crippen LogP contribution in [0.25, 0.3) is 0 Å². The monoisotopic (exact) mass is 396 g/mol. The van der Waals surface area contributed by atoms with Crippen molar-refractivity contribution in [2.75, 3.05) is 0 Å². The van der Waals surface area contributed by atoms with Crippen molar-refractivity contribution in [3.63, 3.8) is 0 Å². The number of hydrogen-bond acceptors (Lipinski definition) is 3. The number of amides is 2.